The van der Waals surface area contributed by atoms with Crippen LogP contribution in [0.25, 0.3) is 0 Å². The fraction of sp³-hybridized carbons (Fsp3) is 0.273. The highest BCUT2D eigenvalue weighted by molar-refractivity contribution is 6.35. The van der Waals surface area contributed by atoms with E-state index in [4.69, 9.17) is 27.9 Å². The van der Waals surface area contributed by atoms with Gasteiger partial charge in [-0.3, -0.25) is 4.79 Å². The molecule has 0 fully saturated rings. The van der Waals surface area contributed by atoms with E-state index in [9.17, 15) is 4.79 Å². The van der Waals surface area contributed by atoms with E-state index in [2.05, 4.69) is 17.2 Å². The molecule has 28 heavy (non-hydrogen) atoms. The molecule has 0 unspecified atom stereocenters. The molecule has 0 saturated carbocycles. The minimum absolute atomic E-state index is 0.0364. The summed E-state index contributed by atoms with van der Waals surface area (Å²) in [5.41, 5.74) is 4.09. The van der Waals surface area contributed by atoms with Crippen LogP contribution < -0.4 is 4.74 Å². The van der Waals surface area contributed by atoms with Crippen molar-refractivity contribution in [3.05, 3.63) is 81.1 Å². The molecule has 0 atom stereocenters. The lowest BCUT2D eigenvalue weighted by Crippen LogP contribution is -2.15. The summed E-state index contributed by atoms with van der Waals surface area (Å²) >= 11 is 12.0. The number of benzene rings is 2. The Labute approximate surface area is 175 Å². The van der Waals surface area contributed by atoms with Crippen LogP contribution in [0.3, 0.4) is 0 Å². The summed E-state index contributed by atoms with van der Waals surface area (Å²) in [5.74, 6) is 0.528. The molecule has 0 N–H and O–H groups in total. The van der Waals surface area contributed by atoms with Crippen LogP contribution in [-0.4, -0.2) is 22.3 Å². The van der Waals surface area contributed by atoms with E-state index in [0.717, 1.165) is 23.4 Å². The molecule has 4 nitrogen and oxygen atoms in total. The zero-order valence-corrected chi connectivity index (χ0v) is 17.4. The summed E-state index contributed by atoms with van der Waals surface area (Å²) in [6, 6.07) is 15.3. The molecule has 1 aromatic heterocycles. The van der Waals surface area contributed by atoms with Gasteiger partial charge in [0.05, 0.1) is 17.3 Å². The maximum absolute atomic E-state index is 12.6. The van der Waals surface area contributed by atoms with Crippen LogP contribution in [0.2, 0.25) is 10.0 Å². The van der Waals surface area contributed by atoms with Gasteiger partial charge in [-0.05, 0) is 44.0 Å². The molecule has 0 spiro atoms. The molecule has 0 aliphatic rings. The molecule has 3 aromatic rings. The monoisotopic (exact) mass is 416 g/mol. The van der Waals surface area contributed by atoms with Crippen molar-refractivity contribution in [3.63, 3.8) is 0 Å². The van der Waals surface area contributed by atoms with Gasteiger partial charge in [0.2, 0.25) is 5.91 Å². The van der Waals surface area contributed by atoms with Crippen molar-refractivity contribution < 1.29 is 9.53 Å². The molecule has 146 valence electrons. The van der Waals surface area contributed by atoms with Gasteiger partial charge in [0, 0.05) is 29.1 Å². The molecule has 0 saturated heterocycles. The number of rotatable bonds is 7. The number of halogens is 2. The van der Waals surface area contributed by atoms with Crippen LogP contribution in [0, 0.1) is 13.8 Å². The number of nitrogens with zero attached hydrogens (tertiary/aromatic N) is 2. The normalized spacial score (nSPS) is 10.9. The third-order valence-electron chi connectivity index (χ3n) is 4.59. The minimum Gasteiger partial charge on any atom is -0.492 e. The Morgan fingerprint density at radius 1 is 1.11 bits per heavy atom. The second-order valence-electron chi connectivity index (χ2n) is 6.64. The van der Waals surface area contributed by atoms with Crippen molar-refractivity contribution in [1.29, 1.82) is 0 Å². The van der Waals surface area contributed by atoms with Gasteiger partial charge >= 0.3 is 0 Å². The lowest BCUT2D eigenvalue weighted by atomic mass is 10.0. The molecule has 0 aliphatic heterocycles. The topological polar surface area (TPSA) is 44.1 Å². The Bertz CT molecular complexity index is 968. The number of hydrogen-bond acceptors (Lipinski definition) is 3. The molecule has 0 aliphatic carbocycles. The number of aryl methyl sites for hydroxylation is 1. The van der Waals surface area contributed by atoms with Crippen molar-refractivity contribution in [2.24, 2.45) is 0 Å². The molecular weight excluding hydrogens is 395 g/mol. The van der Waals surface area contributed by atoms with Crippen molar-refractivity contribution in [3.8, 4) is 5.75 Å². The maximum atomic E-state index is 12.6. The molecule has 0 radical (unpaired) electrons. The fourth-order valence-corrected chi connectivity index (χ4v) is 3.54. The Hall–Kier alpha value is -2.30. The van der Waals surface area contributed by atoms with E-state index in [-0.39, 0.29) is 5.91 Å². The Morgan fingerprint density at radius 2 is 1.86 bits per heavy atom. The number of ether oxygens (including phenoxy) is 1. The summed E-state index contributed by atoms with van der Waals surface area (Å²) in [6.45, 7) is 4.28. The zero-order valence-electron chi connectivity index (χ0n) is 15.9. The van der Waals surface area contributed by atoms with Gasteiger partial charge < -0.3 is 4.74 Å². The van der Waals surface area contributed by atoms with Crippen LogP contribution in [-0.2, 0) is 6.42 Å². The predicted molar refractivity (Wildman–Crippen MR) is 113 cm³/mol. The molecule has 0 bridgehead atoms. The Balaban J connectivity index is 1.58. The van der Waals surface area contributed by atoms with Crippen LogP contribution in [0.4, 0.5) is 0 Å². The highest BCUT2D eigenvalue weighted by atomic mass is 35.5. The molecular formula is C22H22Cl2N2O2. The van der Waals surface area contributed by atoms with Crippen molar-refractivity contribution in [1.82, 2.24) is 9.78 Å². The number of carbonyl (C=O) groups excluding carboxylic acids is 1. The molecule has 1 heterocycles. The second kappa shape index (κ2) is 9.26. The summed E-state index contributed by atoms with van der Waals surface area (Å²) in [5, 5.41) is 5.48. The average Bonchev–Trinajstić information content (AvgIpc) is 2.95. The third kappa shape index (κ3) is 4.94. The molecule has 6 heteroatoms. The average molecular weight is 417 g/mol. The predicted octanol–water partition coefficient (Wildman–Crippen LogP) is 5.90. The van der Waals surface area contributed by atoms with E-state index in [1.165, 1.54) is 10.2 Å². The van der Waals surface area contributed by atoms with Crippen LogP contribution in [0.5, 0.6) is 5.75 Å². The third-order valence-corrected chi connectivity index (χ3v) is 5.12. The van der Waals surface area contributed by atoms with Crippen molar-refractivity contribution >= 4 is 29.1 Å². The Morgan fingerprint density at radius 3 is 2.57 bits per heavy atom. The van der Waals surface area contributed by atoms with Gasteiger partial charge in [0.25, 0.3) is 0 Å². The first kappa shape index (κ1) is 20.4. The van der Waals surface area contributed by atoms with Gasteiger partial charge in [-0.25, -0.2) is 4.68 Å². The minimum atomic E-state index is -0.0364. The quantitative estimate of drug-likeness (QED) is 0.450. The Kier molecular flexibility index (Phi) is 6.76. The lowest BCUT2D eigenvalue weighted by Gasteiger charge is -2.08. The highest BCUT2D eigenvalue weighted by Crippen LogP contribution is 2.27. The standard InChI is InChI=1S/C22H22Cl2N2O2/c1-15-19(13-17-7-4-3-5-8-17)16(2)26(25-15)22(27)9-6-12-28-21-11-10-18(23)14-20(21)24/h3-5,7-8,10-11,14H,6,9,12-13H2,1-2H3. The molecule has 2 aromatic carbocycles. The largest absolute Gasteiger partial charge is 0.492 e. The second-order valence-corrected chi connectivity index (χ2v) is 7.49. The van der Waals surface area contributed by atoms with Crippen LogP contribution in [0.1, 0.15) is 40.2 Å². The number of aromatic nitrogens is 2. The molecule has 3 rings (SSSR count). The summed E-state index contributed by atoms with van der Waals surface area (Å²) in [4.78, 5) is 12.6. The van der Waals surface area contributed by atoms with Gasteiger partial charge in [-0.1, -0.05) is 53.5 Å². The summed E-state index contributed by atoms with van der Waals surface area (Å²) < 4.78 is 7.16. The fourth-order valence-electron chi connectivity index (χ4n) is 3.08. The van der Waals surface area contributed by atoms with E-state index < -0.39 is 0 Å². The smallest absolute Gasteiger partial charge is 0.247 e. The first-order chi connectivity index (χ1) is 13.5. The van der Waals surface area contributed by atoms with E-state index >= 15 is 0 Å². The SMILES string of the molecule is Cc1nn(C(=O)CCCOc2ccc(Cl)cc2Cl)c(C)c1Cc1ccccc1. The first-order valence-corrected chi connectivity index (χ1v) is 9.91. The van der Waals surface area contributed by atoms with Gasteiger partial charge in [-0.15, -0.1) is 0 Å². The van der Waals surface area contributed by atoms with Crippen LogP contribution in [0.15, 0.2) is 48.5 Å². The number of hydrogen-bond donors (Lipinski definition) is 0. The maximum Gasteiger partial charge on any atom is 0.247 e. The van der Waals surface area contributed by atoms with E-state index in [0.29, 0.717) is 35.2 Å². The molecule has 0 amide bonds. The lowest BCUT2D eigenvalue weighted by molar-refractivity contribution is 0.0874. The highest BCUT2D eigenvalue weighted by Gasteiger charge is 2.16. The first-order valence-electron chi connectivity index (χ1n) is 9.16. The van der Waals surface area contributed by atoms with Gasteiger partial charge in [0.1, 0.15) is 5.75 Å². The van der Waals surface area contributed by atoms with Gasteiger partial charge in [-0.2, -0.15) is 5.10 Å². The van der Waals surface area contributed by atoms with Gasteiger partial charge in [0.15, 0.2) is 0 Å². The van der Waals surface area contributed by atoms with Crippen molar-refractivity contribution in [2.75, 3.05) is 6.61 Å². The van der Waals surface area contributed by atoms with E-state index in [1.807, 2.05) is 32.0 Å². The summed E-state index contributed by atoms with van der Waals surface area (Å²) in [7, 11) is 0. The summed E-state index contributed by atoms with van der Waals surface area (Å²) in [6.07, 6.45) is 1.69. The van der Waals surface area contributed by atoms with E-state index in [1.54, 1.807) is 18.2 Å². The van der Waals surface area contributed by atoms with Crippen molar-refractivity contribution in [2.45, 2.75) is 33.1 Å². The number of carbonyl (C=O) groups is 1. The zero-order chi connectivity index (χ0) is 20.1. The van der Waals surface area contributed by atoms with Crippen LogP contribution >= 0.6 is 23.2 Å².